The fraction of sp³-hybridized carbons (Fsp3) is 0.183. The monoisotopic (exact) mass is 1790 g/mol. The van der Waals surface area contributed by atoms with Crippen molar-refractivity contribution in [3.05, 3.63) is 265 Å². The van der Waals surface area contributed by atoms with Gasteiger partial charge in [-0.05, 0) is 151 Å². The summed E-state index contributed by atoms with van der Waals surface area (Å²) >= 11 is 0. The van der Waals surface area contributed by atoms with Gasteiger partial charge in [0, 0.05) is 137 Å². The summed E-state index contributed by atoms with van der Waals surface area (Å²) in [6, 6.07) is 44.4. The van der Waals surface area contributed by atoms with Gasteiger partial charge in [-0.2, -0.15) is 25.5 Å². The van der Waals surface area contributed by atoms with Gasteiger partial charge in [0.1, 0.15) is 33.6 Å². The molecule has 0 bridgehead atoms. The molecule has 0 radical (unpaired) electrons. The quantitative estimate of drug-likeness (QED) is 0.0298. The van der Waals surface area contributed by atoms with Gasteiger partial charge in [-0.15, -0.1) is 0 Å². The Labute approximate surface area is 751 Å². The molecule has 133 heavy (non-hydrogen) atoms. The summed E-state index contributed by atoms with van der Waals surface area (Å²) in [5.74, 6) is 1.95. The number of amides is 1. The number of aromatic amines is 5. The molecule has 22 rings (SSSR count). The molecule has 17 aromatic heterocycles. The van der Waals surface area contributed by atoms with E-state index in [9.17, 15) is 18.7 Å². The van der Waals surface area contributed by atoms with Crippen LogP contribution in [0.4, 0.5) is 66.3 Å². The SMILES string of the molecule is C=C(O)Cc1noc2cc(Nc3n[nH]c4cccnc34)ccc12.CC(C)(C)Cc1noc2c(F)c(Nc3[nH]nc4nccnc34)ccc12.CC(C)(C)Cc1noc2cc(Nc3n[nH]c4cccnc34)c(F)cc12.CC(c1ccccn1)N(C)C(=O)Cc1noc2cc(Nc3n[nH]c4cccnc34)ccc12.COc1ncc(Cc2noc3cc(Nc4n[nH]c5cccnc45)ccc23)cn1. The maximum atomic E-state index is 14.8. The summed E-state index contributed by atoms with van der Waals surface area (Å²) in [6.07, 6.45) is 17.5. The average Bonchev–Trinajstić information content (AvgIpc) is 1.69. The normalized spacial score (nSPS) is 11.8. The van der Waals surface area contributed by atoms with E-state index in [0.29, 0.717) is 116 Å². The van der Waals surface area contributed by atoms with Crippen molar-refractivity contribution in [1.29, 1.82) is 0 Å². The van der Waals surface area contributed by atoms with Crippen LogP contribution in [0.15, 0.2) is 236 Å². The molecule has 0 aliphatic carbocycles. The standard InChI is InChI=1S/C23H21N7O2.C19H15N7O2.C18H18FN5O.C17H17FN6O.C16H13N5O2/c1-14(17-6-3-4-10-24-17)30(2)21(31)13-19-16-9-8-15(12-20(16)32-29-19)26-23-22-18(27-28-23)7-5-11-25-22;1-27-19-21-9-11(10-22-19)7-15-13-5-4-12(8-16(13)28-26-15)23-18-17-14(24-25-18)3-2-6-20-17;1-18(2,3)9-14-10-7-11(19)13(8-15(10)25-24-14)21-17-16-12(22-23-17)5-4-6-20-16;1-17(2,3)8-11-9-4-5-10(12(18)14(9)25-24-11)21-16-13-15(22-23-16)20-7-6-19-13;1-9(22)7-13-11-5-4-10(8-14(11)23-21-13)18-16-15-12(19-20-16)3-2-6-17-15/h3-12,14H,13H2,1-2H3,(H2,26,27,28);2-6,8-10H,7H2,1H3,(H2,23,24,25);4-8H,9H2,1-3H3,(H2,21,22,23);4-7H,8H2,1-3H3,(H2,20,21,22,23);2-6,8,22H,1,7H2,(H2,18,19,20). The maximum Gasteiger partial charge on any atom is 0.316 e. The first-order chi connectivity index (χ1) is 64.4. The molecule has 0 spiro atoms. The van der Waals surface area contributed by atoms with Crippen LogP contribution in [0.5, 0.6) is 6.01 Å². The number of carbonyl (C=O) groups excluding carboxylic acids is 1. The van der Waals surface area contributed by atoms with Gasteiger partial charge in [-0.1, -0.05) is 80.0 Å². The van der Waals surface area contributed by atoms with Crippen LogP contribution in [-0.4, -0.2) is 152 Å². The molecule has 5 aromatic carbocycles. The number of aliphatic hydroxyl groups excluding tert-OH is 1. The minimum atomic E-state index is -0.503. The minimum absolute atomic E-state index is 0.0324. The van der Waals surface area contributed by atoms with Crippen LogP contribution in [0, 0.1) is 22.5 Å². The van der Waals surface area contributed by atoms with Gasteiger partial charge < -0.3 is 63.9 Å². The molecule has 1 unspecified atom stereocenters. The topological polar surface area (TPSA) is 499 Å². The highest BCUT2D eigenvalue weighted by molar-refractivity contribution is 5.96. The van der Waals surface area contributed by atoms with E-state index in [1.54, 1.807) is 79.9 Å². The number of allylic oxidation sites excluding steroid dienone is 1. The molecule has 0 aliphatic rings. The van der Waals surface area contributed by atoms with Crippen molar-refractivity contribution in [2.75, 3.05) is 40.7 Å². The fourth-order valence-corrected chi connectivity index (χ4v) is 14.6. The highest BCUT2D eigenvalue weighted by atomic mass is 19.1. The van der Waals surface area contributed by atoms with Crippen molar-refractivity contribution in [2.45, 2.75) is 86.6 Å². The number of anilines is 10. The number of benzene rings is 5. The van der Waals surface area contributed by atoms with E-state index in [2.05, 4.69) is 196 Å². The number of halogens is 2. The van der Waals surface area contributed by atoms with Crippen molar-refractivity contribution in [2.24, 2.45) is 10.8 Å². The Kier molecular flexibility index (Phi) is 24.0. The molecule has 22 aromatic rings. The fourth-order valence-electron chi connectivity index (χ4n) is 14.6. The molecule has 668 valence electrons. The van der Waals surface area contributed by atoms with Crippen LogP contribution in [0.25, 0.3) is 110 Å². The number of ether oxygens (including phenoxy) is 1. The molecule has 38 nitrogen and oxygen atoms in total. The lowest BCUT2D eigenvalue weighted by molar-refractivity contribution is -0.131. The summed E-state index contributed by atoms with van der Waals surface area (Å²) in [4.78, 5) is 52.7. The van der Waals surface area contributed by atoms with Gasteiger partial charge >= 0.3 is 6.01 Å². The number of hydrogen-bond donors (Lipinski definition) is 11. The lowest BCUT2D eigenvalue weighted by Gasteiger charge is -2.24. The first-order valence-corrected chi connectivity index (χ1v) is 41.8. The van der Waals surface area contributed by atoms with Gasteiger partial charge in [0.15, 0.2) is 62.8 Å². The van der Waals surface area contributed by atoms with Gasteiger partial charge in [-0.25, -0.2) is 28.7 Å². The maximum absolute atomic E-state index is 14.8. The zero-order chi connectivity index (χ0) is 92.0. The van der Waals surface area contributed by atoms with E-state index in [1.165, 1.54) is 13.2 Å². The molecular weight excluding hydrogens is 1700 g/mol. The molecule has 17 heterocycles. The van der Waals surface area contributed by atoms with E-state index in [4.69, 9.17) is 27.4 Å². The predicted molar refractivity (Wildman–Crippen MR) is 496 cm³/mol. The number of fused-ring (bicyclic) bond motifs is 10. The highest BCUT2D eigenvalue weighted by Gasteiger charge is 2.27. The van der Waals surface area contributed by atoms with Crippen LogP contribution in [-0.2, 0) is 36.9 Å². The molecule has 1 amide bonds. The number of H-pyrrole nitrogens is 5. The van der Waals surface area contributed by atoms with Crippen LogP contribution >= 0.6 is 0 Å². The molecule has 0 fully saturated rings. The summed E-state index contributed by atoms with van der Waals surface area (Å²) < 4.78 is 61.4. The number of likely N-dealkylation sites (N-methyl/N-ethyl adjacent to an activating group) is 1. The molecule has 11 N–H and O–H groups in total. The molecule has 0 saturated carbocycles. The van der Waals surface area contributed by atoms with Gasteiger partial charge in [0.05, 0.1) is 93.7 Å². The second-order valence-corrected chi connectivity index (χ2v) is 33.3. The van der Waals surface area contributed by atoms with E-state index in [-0.39, 0.29) is 58.3 Å². The molecule has 40 heteroatoms. The number of pyridine rings is 5. The molecule has 0 saturated heterocycles. The first kappa shape index (κ1) is 86.1. The lowest BCUT2D eigenvalue weighted by Crippen LogP contribution is -2.31. The van der Waals surface area contributed by atoms with E-state index in [0.717, 1.165) is 100 Å². The average molecular weight is 1790 g/mol. The number of nitrogens with zero attached hydrogens (tertiary/aromatic N) is 20. The summed E-state index contributed by atoms with van der Waals surface area (Å²) in [5.41, 5.74) is 18.2. The Hall–Kier alpha value is -17.6. The molecule has 0 aliphatic heterocycles. The van der Waals surface area contributed by atoms with Gasteiger partial charge in [0.2, 0.25) is 17.1 Å². The summed E-state index contributed by atoms with van der Waals surface area (Å²) in [6.45, 7) is 18.1. The van der Waals surface area contributed by atoms with Crippen molar-refractivity contribution < 1.29 is 46.0 Å². The van der Waals surface area contributed by atoms with Crippen LogP contribution < -0.4 is 31.3 Å². The van der Waals surface area contributed by atoms with E-state index in [1.807, 2.05) is 134 Å². The zero-order valence-corrected chi connectivity index (χ0v) is 72.9. The number of aliphatic hydroxyl groups is 1. The van der Waals surface area contributed by atoms with Crippen LogP contribution in [0.2, 0.25) is 0 Å². The van der Waals surface area contributed by atoms with Crippen molar-refractivity contribution >= 4 is 174 Å². The van der Waals surface area contributed by atoms with Crippen LogP contribution in [0.1, 0.15) is 94.2 Å². The van der Waals surface area contributed by atoms with Crippen molar-refractivity contribution in [3.63, 3.8) is 0 Å². The van der Waals surface area contributed by atoms with Crippen molar-refractivity contribution in [1.82, 2.24) is 127 Å². The molecule has 1 atom stereocenters. The number of nitrogens with one attached hydrogen (secondary N) is 10. The first-order valence-electron chi connectivity index (χ1n) is 41.8. The van der Waals surface area contributed by atoms with Gasteiger partial charge in [-0.3, -0.25) is 55.2 Å². The highest BCUT2D eigenvalue weighted by Crippen LogP contribution is 2.38. The van der Waals surface area contributed by atoms with Crippen LogP contribution in [0.3, 0.4) is 0 Å². The lowest BCUT2D eigenvalue weighted by atomic mass is 9.89. The molecular formula is C93H84F2N30O8. The predicted octanol–water partition coefficient (Wildman–Crippen LogP) is 19.2. The van der Waals surface area contributed by atoms with E-state index >= 15 is 0 Å². The van der Waals surface area contributed by atoms with Gasteiger partial charge in [0.25, 0.3) is 0 Å². The largest absolute Gasteiger partial charge is 0.513 e. The number of carbonyl (C=O) groups is 1. The third-order valence-electron chi connectivity index (χ3n) is 21.1. The number of aromatic nitrogens is 24. The number of hydrogen-bond acceptors (Lipinski definition) is 32. The number of rotatable bonds is 21. The Bertz CT molecular complexity index is 7850. The third kappa shape index (κ3) is 19.3. The Balaban J connectivity index is 0.000000112. The zero-order valence-electron chi connectivity index (χ0n) is 72.9. The smallest absolute Gasteiger partial charge is 0.316 e. The second kappa shape index (κ2) is 37.0. The third-order valence-corrected chi connectivity index (χ3v) is 21.1. The van der Waals surface area contributed by atoms with E-state index < -0.39 is 11.6 Å². The Morgan fingerprint density at radius 1 is 0.459 bits per heavy atom. The summed E-state index contributed by atoms with van der Waals surface area (Å²) in [7, 11) is 3.31. The van der Waals surface area contributed by atoms with Crippen molar-refractivity contribution in [3.8, 4) is 6.01 Å². The minimum Gasteiger partial charge on any atom is -0.513 e. The Morgan fingerprint density at radius 2 is 0.910 bits per heavy atom. The second-order valence-electron chi connectivity index (χ2n) is 33.3. The summed E-state index contributed by atoms with van der Waals surface area (Å²) in [5, 5.41) is 84.8. The Morgan fingerprint density at radius 3 is 1.41 bits per heavy atom. The number of methoxy groups -OCH3 is 1.